The van der Waals surface area contributed by atoms with Crippen LogP contribution in [0.2, 0.25) is 0 Å². The van der Waals surface area contributed by atoms with E-state index in [2.05, 4.69) is 6.92 Å². The minimum Gasteiger partial charge on any atom is -0.378 e. The lowest BCUT2D eigenvalue weighted by Gasteiger charge is -2.31. The van der Waals surface area contributed by atoms with Crippen molar-refractivity contribution >= 4 is 0 Å². The Morgan fingerprint density at radius 3 is 2.79 bits per heavy atom. The van der Waals surface area contributed by atoms with Gasteiger partial charge >= 0.3 is 0 Å². The van der Waals surface area contributed by atoms with Crippen LogP contribution in [0.1, 0.15) is 45.4 Å². The highest BCUT2D eigenvalue weighted by atomic mass is 16.5. The van der Waals surface area contributed by atoms with Crippen molar-refractivity contribution < 1.29 is 4.74 Å². The molecule has 0 radical (unpaired) electrons. The maximum atomic E-state index is 5.99. The predicted molar refractivity (Wildman–Crippen MR) is 57.1 cm³/mol. The van der Waals surface area contributed by atoms with Crippen molar-refractivity contribution in [2.45, 2.75) is 51.6 Å². The van der Waals surface area contributed by atoms with Crippen LogP contribution in [0.25, 0.3) is 0 Å². The molecule has 80 valence electrons. The molecule has 3 fully saturated rings. The first-order chi connectivity index (χ1) is 6.90. The maximum absolute atomic E-state index is 5.99. The lowest BCUT2D eigenvalue weighted by Crippen LogP contribution is -2.30. The lowest BCUT2D eigenvalue weighted by molar-refractivity contribution is -0.00985. The summed E-state index contributed by atoms with van der Waals surface area (Å²) in [5, 5.41) is 0. The predicted octanol–water partition coefficient (Wildman–Crippen LogP) is 3.24. The second-order valence-electron chi connectivity index (χ2n) is 5.56. The molecule has 0 spiro atoms. The van der Waals surface area contributed by atoms with Gasteiger partial charge in [0.25, 0.3) is 0 Å². The van der Waals surface area contributed by atoms with Gasteiger partial charge in [-0.05, 0) is 55.8 Å². The summed E-state index contributed by atoms with van der Waals surface area (Å²) in [6, 6.07) is 0. The largest absolute Gasteiger partial charge is 0.378 e. The van der Waals surface area contributed by atoms with Crippen molar-refractivity contribution in [3.8, 4) is 0 Å². The van der Waals surface area contributed by atoms with Gasteiger partial charge < -0.3 is 4.74 Å². The van der Waals surface area contributed by atoms with E-state index in [9.17, 15) is 0 Å². The summed E-state index contributed by atoms with van der Waals surface area (Å²) in [7, 11) is 0. The summed E-state index contributed by atoms with van der Waals surface area (Å²) in [5.41, 5.74) is 0. The van der Waals surface area contributed by atoms with Crippen molar-refractivity contribution in [3.05, 3.63) is 0 Å². The van der Waals surface area contributed by atoms with Crippen molar-refractivity contribution in [3.63, 3.8) is 0 Å². The first-order valence-electron chi connectivity index (χ1n) is 6.51. The molecule has 14 heavy (non-hydrogen) atoms. The van der Waals surface area contributed by atoms with E-state index in [0.717, 1.165) is 30.3 Å². The molecule has 0 N–H and O–H groups in total. The number of hydrogen-bond donors (Lipinski definition) is 0. The van der Waals surface area contributed by atoms with Gasteiger partial charge in [-0.2, -0.15) is 0 Å². The molecular formula is C13H22O. The van der Waals surface area contributed by atoms with Gasteiger partial charge in [-0.25, -0.2) is 0 Å². The molecule has 1 nitrogen and oxygen atoms in total. The molecule has 3 aliphatic rings. The van der Waals surface area contributed by atoms with Gasteiger partial charge in [-0.3, -0.25) is 0 Å². The molecule has 0 aromatic heterocycles. The van der Waals surface area contributed by atoms with E-state index in [0.29, 0.717) is 6.10 Å². The molecular weight excluding hydrogens is 172 g/mol. The molecule has 3 saturated carbocycles. The molecule has 0 amide bonds. The number of fused-ring (bicyclic) bond motifs is 5. The zero-order valence-corrected chi connectivity index (χ0v) is 9.24. The van der Waals surface area contributed by atoms with Gasteiger partial charge in [-0.1, -0.05) is 13.3 Å². The van der Waals surface area contributed by atoms with Gasteiger partial charge in [-0.15, -0.1) is 0 Å². The quantitative estimate of drug-likeness (QED) is 0.670. The van der Waals surface area contributed by atoms with Crippen LogP contribution < -0.4 is 0 Å². The Bertz CT molecular complexity index is 213. The number of ether oxygens (including phenoxy) is 1. The summed E-state index contributed by atoms with van der Waals surface area (Å²) in [6.07, 6.45) is 9.28. The first kappa shape index (κ1) is 9.21. The van der Waals surface area contributed by atoms with E-state index in [-0.39, 0.29) is 0 Å². The van der Waals surface area contributed by atoms with Crippen LogP contribution >= 0.6 is 0 Å². The Labute approximate surface area is 87.2 Å². The fraction of sp³-hybridized carbons (Fsp3) is 1.00. The topological polar surface area (TPSA) is 9.23 Å². The van der Waals surface area contributed by atoms with Crippen molar-refractivity contribution in [1.82, 2.24) is 0 Å². The molecule has 5 unspecified atom stereocenters. The molecule has 0 saturated heterocycles. The molecule has 1 heteroatoms. The number of rotatable bonds is 3. The lowest BCUT2D eigenvalue weighted by atomic mass is 9.80. The summed E-state index contributed by atoms with van der Waals surface area (Å²) in [4.78, 5) is 0. The third-order valence-corrected chi connectivity index (χ3v) is 4.90. The molecule has 0 aromatic carbocycles. The zero-order chi connectivity index (χ0) is 9.54. The molecule has 2 bridgehead atoms. The Kier molecular flexibility index (Phi) is 2.31. The third kappa shape index (κ3) is 1.25. The summed E-state index contributed by atoms with van der Waals surface area (Å²) >= 11 is 0. The molecule has 0 heterocycles. The first-order valence-corrected chi connectivity index (χ1v) is 6.51. The summed E-state index contributed by atoms with van der Waals surface area (Å²) < 4.78 is 5.99. The van der Waals surface area contributed by atoms with E-state index < -0.39 is 0 Å². The molecule has 0 aliphatic heterocycles. The van der Waals surface area contributed by atoms with Crippen LogP contribution in [-0.4, -0.2) is 12.7 Å². The monoisotopic (exact) mass is 194 g/mol. The van der Waals surface area contributed by atoms with Gasteiger partial charge in [0.2, 0.25) is 0 Å². The van der Waals surface area contributed by atoms with E-state index in [1.807, 2.05) is 0 Å². The van der Waals surface area contributed by atoms with Crippen molar-refractivity contribution in [2.24, 2.45) is 23.7 Å². The van der Waals surface area contributed by atoms with Gasteiger partial charge in [0.05, 0.1) is 6.10 Å². The Morgan fingerprint density at radius 1 is 1.07 bits per heavy atom. The smallest absolute Gasteiger partial charge is 0.0608 e. The van der Waals surface area contributed by atoms with Crippen molar-refractivity contribution in [1.29, 1.82) is 0 Å². The van der Waals surface area contributed by atoms with Crippen LogP contribution in [0.15, 0.2) is 0 Å². The van der Waals surface area contributed by atoms with E-state index >= 15 is 0 Å². The highest BCUT2D eigenvalue weighted by Crippen LogP contribution is 2.59. The summed E-state index contributed by atoms with van der Waals surface area (Å²) in [6.45, 7) is 3.21. The Morgan fingerprint density at radius 2 is 1.93 bits per heavy atom. The zero-order valence-electron chi connectivity index (χ0n) is 9.24. The average Bonchev–Trinajstić information content (AvgIpc) is 2.85. The fourth-order valence-electron chi connectivity index (χ4n) is 4.47. The molecule has 5 atom stereocenters. The van der Waals surface area contributed by atoms with Gasteiger partial charge in [0.15, 0.2) is 0 Å². The third-order valence-electron chi connectivity index (χ3n) is 4.90. The Hall–Kier alpha value is -0.0400. The molecule has 0 aromatic rings. The number of hydrogen-bond acceptors (Lipinski definition) is 1. The van der Waals surface area contributed by atoms with Crippen LogP contribution in [-0.2, 0) is 4.74 Å². The van der Waals surface area contributed by atoms with E-state index in [1.54, 1.807) is 0 Å². The van der Waals surface area contributed by atoms with Gasteiger partial charge in [0.1, 0.15) is 0 Å². The summed E-state index contributed by atoms with van der Waals surface area (Å²) in [5.74, 6) is 4.19. The fourth-order valence-corrected chi connectivity index (χ4v) is 4.47. The highest BCUT2D eigenvalue weighted by Gasteiger charge is 2.54. The Balaban J connectivity index is 1.65. The average molecular weight is 194 g/mol. The minimum absolute atomic E-state index is 0.652. The van der Waals surface area contributed by atoms with E-state index in [1.165, 1.54) is 38.5 Å². The van der Waals surface area contributed by atoms with Crippen LogP contribution in [0, 0.1) is 23.7 Å². The van der Waals surface area contributed by atoms with Crippen LogP contribution in [0.3, 0.4) is 0 Å². The normalized spacial score (nSPS) is 49.9. The van der Waals surface area contributed by atoms with Gasteiger partial charge in [0, 0.05) is 6.61 Å². The second-order valence-corrected chi connectivity index (χ2v) is 5.56. The highest BCUT2D eigenvalue weighted by molar-refractivity contribution is 5.03. The van der Waals surface area contributed by atoms with E-state index in [4.69, 9.17) is 4.74 Å². The SMILES string of the molecule is CCCOC1CC2CC1C1CCCC21. The van der Waals surface area contributed by atoms with Crippen LogP contribution in [0.5, 0.6) is 0 Å². The molecule has 3 aliphatic carbocycles. The standard InChI is InChI=1S/C13H22O/c1-2-6-14-13-8-9-7-12(13)11-5-3-4-10(9)11/h9-13H,2-8H2,1H3. The minimum atomic E-state index is 0.652. The van der Waals surface area contributed by atoms with Crippen molar-refractivity contribution in [2.75, 3.05) is 6.61 Å². The maximum Gasteiger partial charge on any atom is 0.0608 e. The molecule has 3 rings (SSSR count). The second kappa shape index (κ2) is 3.52. The van der Waals surface area contributed by atoms with Crippen LogP contribution in [0.4, 0.5) is 0 Å².